The van der Waals surface area contributed by atoms with Crippen molar-refractivity contribution >= 4 is 17.8 Å². The lowest BCUT2D eigenvalue weighted by molar-refractivity contribution is -0.122. The minimum absolute atomic E-state index is 0.170. The second-order valence-corrected chi connectivity index (χ2v) is 8.27. The van der Waals surface area contributed by atoms with Crippen molar-refractivity contribution in [3.63, 3.8) is 0 Å². The number of hydrogen-bond donors (Lipinski definition) is 2. The molecule has 1 aromatic heterocycles. The van der Waals surface area contributed by atoms with Crippen molar-refractivity contribution in [2.45, 2.75) is 71.9 Å². The molecule has 1 saturated heterocycles. The SMILES string of the molecule is CC1CN(c2ccc(CNC(=O)[C@@H](C)NC(=O)OC(C)(C)C)cn2)CC(C)O1. The summed E-state index contributed by atoms with van der Waals surface area (Å²) in [6.07, 6.45) is 1.48. The number of anilines is 1. The molecule has 2 unspecified atom stereocenters. The predicted octanol–water partition coefficient (Wildman–Crippen LogP) is 2.22. The average Bonchev–Trinajstić information content (AvgIpc) is 2.57. The van der Waals surface area contributed by atoms with Gasteiger partial charge in [0, 0.05) is 25.8 Å². The van der Waals surface area contributed by atoms with Gasteiger partial charge in [-0.05, 0) is 53.2 Å². The van der Waals surface area contributed by atoms with Crippen LogP contribution in [0.15, 0.2) is 18.3 Å². The van der Waals surface area contributed by atoms with Crippen molar-refractivity contribution in [2.24, 2.45) is 0 Å². The number of amides is 2. The van der Waals surface area contributed by atoms with Crippen LogP contribution >= 0.6 is 0 Å². The van der Waals surface area contributed by atoms with Crippen LogP contribution in [0.4, 0.5) is 10.6 Å². The van der Waals surface area contributed by atoms with E-state index in [0.717, 1.165) is 24.5 Å². The Labute approximate surface area is 167 Å². The lowest BCUT2D eigenvalue weighted by atomic mass is 10.2. The molecule has 0 saturated carbocycles. The number of carbonyl (C=O) groups excluding carboxylic acids is 2. The zero-order valence-electron chi connectivity index (χ0n) is 17.6. The Morgan fingerprint density at radius 2 is 1.93 bits per heavy atom. The molecule has 2 heterocycles. The van der Waals surface area contributed by atoms with Crippen LogP contribution in [0.3, 0.4) is 0 Å². The van der Waals surface area contributed by atoms with Crippen LogP contribution in [0.5, 0.6) is 0 Å². The molecule has 156 valence electrons. The number of ether oxygens (including phenoxy) is 2. The summed E-state index contributed by atoms with van der Waals surface area (Å²) >= 11 is 0. The van der Waals surface area contributed by atoms with Gasteiger partial charge in [0.25, 0.3) is 0 Å². The molecule has 8 heteroatoms. The van der Waals surface area contributed by atoms with Crippen LogP contribution < -0.4 is 15.5 Å². The maximum atomic E-state index is 12.2. The topological polar surface area (TPSA) is 92.8 Å². The Balaban J connectivity index is 1.82. The Morgan fingerprint density at radius 1 is 1.29 bits per heavy atom. The van der Waals surface area contributed by atoms with Gasteiger partial charge >= 0.3 is 6.09 Å². The van der Waals surface area contributed by atoms with E-state index < -0.39 is 17.7 Å². The van der Waals surface area contributed by atoms with Crippen LogP contribution in [0.25, 0.3) is 0 Å². The molecular formula is C20H32N4O4. The van der Waals surface area contributed by atoms with Crippen molar-refractivity contribution in [3.8, 4) is 0 Å². The van der Waals surface area contributed by atoms with Gasteiger partial charge in [-0.2, -0.15) is 0 Å². The second-order valence-electron chi connectivity index (χ2n) is 8.27. The number of rotatable bonds is 5. The lowest BCUT2D eigenvalue weighted by Gasteiger charge is -2.36. The average molecular weight is 393 g/mol. The number of carbonyl (C=O) groups is 2. The molecule has 1 aliphatic rings. The molecule has 0 radical (unpaired) electrons. The van der Waals surface area contributed by atoms with Crippen molar-refractivity contribution < 1.29 is 19.1 Å². The van der Waals surface area contributed by atoms with Gasteiger partial charge in [0.05, 0.1) is 12.2 Å². The summed E-state index contributed by atoms with van der Waals surface area (Å²) in [5, 5.41) is 5.32. The molecule has 2 amide bonds. The van der Waals surface area contributed by atoms with Gasteiger partial charge < -0.3 is 25.0 Å². The van der Waals surface area contributed by atoms with Crippen molar-refractivity contribution in [2.75, 3.05) is 18.0 Å². The summed E-state index contributed by atoms with van der Waals surface area (Å²) in [4.78, 5) is 30.6. The first-order valence-corrected chi connectivity index (χ1v) is 9.66. The van der Waals surface area contributed by atoms with E-state index in [9.17, 15) is 9.59 Å². The Kier molecular flexibility index (Phi) is 7.23. The fourth-order valence-corrected chi connectivity index (χ4v) is 2.97. The number of nitrogens with one attached hydrogen (secondary N) is 2. The second kappa shape index (κ2) is 9.23. The highest BCUT2D eigenvalue weighted by Crippen LogP contribution is 2.18. The lowest BCUT2D eigenvalue weighted by Crippen LogP contribution is -2.46. The summed E-state index contributed by atoms with van der Waals surface area (Å²) in [5.74, 6) is 0.614. The van der Waals surface area contributed by atoms with Crippen molar-refractivity contribution in [3.05, 3.63) is 23.9 Å². The molecule has 0 spiro atoms. The van der Waals surface area contributed by atoms with E-state index in [1.54, 1.807) is 33.9 Å². The summed E-state index contributed by atoms with van der Waals surface area (Å²) in [5.41, 5.74) is 0.278. The van der Waals surface area contributed by atoms with E-state index in [2.05, 4.69) is 34.4 Å². The fraction of sp³-hybridized carbons (Fsp3) is 0.650. The van der Waals surface area contributed by atoms with E-state index >= 15 is 0 Å². The highest BCUT2D eigenvalue weighted by molar-refractivity contribution is 5.85. The molecule has 1 aromatic rings. The highest BCUT2D eigenvalue weighted by Gasteiger charge is 2.23. The van der Waals surface area contributed by atoms with Crippen LogP contribution in [-0.4, -0.2) is 53.9 Å². The van der Waals surface area contributed by atoms with Gasteiger partial charge in [-0.15, -0.1) is 0 Å². The molecule has 0 aromatic carbocycles. The molecule has 2 rings (SSSR count). The van der Waals surface area contributed by atoms with Crippen LogP contribution in [0.2, 0.25) is 0 Å². The monoisotopic (exact) mass is 392 g/mol. The fourth-order valence-electron chi connectivity index (χ4n) is 2.97. The van der Waals surface area contributed by atoms with Gasteiger partial charge in [-0.1, -0.05) is 6.07 Å². The van der Waals surface area contributed by atoms with E-state index in [0.29, 0.717) is 6.54 Å². The molecule has 0 bridgehead atoms. The molecule has 28 heavy (non-hydrogen) atoms. The highest BCUT2D eigenvalue weighted by atomic mass is 16.6. The minimum Gasteiger partial charge on any atom is -0.444 e. The van der Waals surface area contributed by atoms with Gasteiger partial charge in [-0.3, -0.25) is 4.79 Å². The Hall–Kier alpha value is -2.35. The zero-order chi connectivity index (χ0) is 20.9. The van der Waals surface area contributed by atoms with E-state index in [4.69, 9.17) is 9.47 Å². The summed E-state index contributed by atoms with van der Waals surface area (Å²) in [6.45, 7) is 13.0. The van der Waals surface area contributed by atoms with Crippen LogP contribution in [-0.2, 0) is 20.8 Å². The summed E-state index contributed by atoms with van der Waals surface area (Å²) in [6, 6.07) is 3.20. The number of aromatic nitrogens is 1. The standard InChI is InChI=1S/C20H32N4O4/c1-13-11-24(12-14(2)27-13)17-8-7-16(9-21-17)10-22-18(25)15(3)23-19(26)28-20(4,5)6/h7-9,13-15H,10-12H2,1-6H3,(H,22,25)(H,23,26)/t13?,14?,15-/m1/s1. The third-order valence-corrected chi connectivity index (χ3v) is 4.15. The first-order valence-electron chi connectivity index (χ1n) is 9.66. The molecule has 0 aliphatic carbocycles. The van der Waals surface area contributed by atoms with E-state index in [-0.39, 0.29) is 18.1 Å². The van der Waals surface area contributed by atoms with Crippen LogP contribution in [0.1, 0.15) is 47.1 Å². The molecule has 2 N–H and O–H groups in total. The molecular weight excluding hydrogens is 360 g/mol. The van der Waals surface area contributed by atoms with E-state index in [1.807, 2.05) is 12.1 Å². The third kappa shape index (κ3) is 6.99. The van der Waals surface area contributed by atoms with Gasteiger partial charge in [-0.25, -0.2) is 9.78 Å². The maximum absolute atomic E-state index is 12.2. The smallest absolute Gasteiger partial charge is 0.408 e. The summed E-state index contributed by atoms with van der Waals surface area (Å²) < 4.78 is 10.9. The maximum Gasteiger partial charge on any atom is 0.408 e. The molecule has 3 atom stereocenters. The number of alkyl carbamates (subject to hydrolysis) is 1. The Morgan fingerprint density at radius 3 is 2.46 bits per heavy atom. The van der Waals surface area contributed by atoms with E-state index in [1.165, 1.54) is 0 Å². The summed E-state index contributed by atoms with van der Waals surface area (Å²) in [7, 11) is 0. The number of hydrogen-bond acceptors (Lipinski definition) is 6. The number of morpholine rings is 1. The van der Waals surface area contributed by atoms with Crippen molar-refractivity contribution in [1.29, 1.82) is 0 Å². The first kappa shape index (κ1) is 21.9. The molecule has 1 aliphatic heterocycles. The minimum atomic E-state index is -0.696. The number of pyridine rings is 1. The van der Waals surface area contributed by atoms with Gasteiger partial charge in [0.2, 0.25) is 5.91 Å². The Bertz CT molecular complexity index is 662. The normalized spacial score (nSPS) is 21.0. The van der Waals surface area contributed by atoms with Gasteiger partial charge in [0.15, 0.2) is 0 Å². The largest absolute Gasteiger partial charge is 0.444 e. The molecule has 8 nitrogen and oxygen atoms in total. The van der Waals surface area contributed by atoms with Crippen LogP contribution in [0, 0.1) is 0 Å². The first-order chi connectivity index (χ1) is 13.0. The van der Waals surface area contributed by atoms with Crippen molar-refractivity contribution in [1.82, 2.24) is 15.6 Å². The molecule has 1 fully saturated rings. The quantitative estimate of drug-likeness (QED) is 0.798. The van der Waals surface area contributed by atoms with Gasteiger partial charge in [0.1, 0.15) is 17.5 Å². The predicted molar refractivity (Wildman–Crippen MR) is 107 cm³/mol. The zero-order valence-corrected chi connectivity index (χ0v) is 17.6. The number of nitrogens with zero attached hydrogens (tertiary/aromatic N) is 2. The third-order valence-electron chi connectivity index (χ3n) is 4.15.